The van der Waals surface area contributed by atoms with Crippen LogP contribution >= 0.6 is 9.82 Å². The molecule has 0 radical (unpaired) electrons. The molecular weight excluding hydrogens is 206 g/mol. The van der Waals surface area contributed by atoms with Crippen molar-refractivity contribution < 1.29 is 55.7 Å². The summed E-state index contributed by atoms with van der Waals surface area (Å²) < 4.78 is 0. The third-order valence-electron chi connectivity index (χ3n) is 0. The minimum absolute atomic E-state index is 0. The summed E-state index contributed by atoms with van der Waals surface area (Å²) in [6, 6.07) is 0. The number of thiol groups is 2. The molecule has 0 saturated heterocycles. The fourth-order valence-corrected chi connectivity index (χ4v) is 0. The molecule has 0 aliphatic rings. The van der Waals surface area contributed by atoms with Crippen molar-refractivity contribution in [3.63, 3.8) is 0 Å². The Kier molecular flexibility index (Phi) is 284. The van der Waals surface area contributed by atoms with E-state index in [-0.39, 0.29) is 64.7 Å². The van der Waals surface area contributed by atoms with Crippen LogP contribution in [-0.4, -0.2) is 0 Å². The van der Waals surface area contributed by atoms with Gasteiger partial charge in [0.25, 0.3) is 0 Å². The van der Waals surface area contributed by atoms with Gasteiger partial charge in [-0.05, 0) is 0 Å². The minimum atomic E-state index is 0. The molecule has 0 aliphatic carbocycles. The summed E-state index contributed by atoms with van der Waals surface area (Å²) in [6.45, 7) is 0. The Balaban J connectivity index is -0.000000000833. The summed E-state index contributed by atoms with van der Waals surface area (Å²) in [4.78, 5) is 0. The maximum atomic E-state index is 4.09. The summed E-state index contributed by atoms with van der Waals surface area (Å²) in [7, 11) is 4.09. The van der Waals surface area contributed by atoms with Gasteiger partial charge >= 0.3 is 65.5 Å². The second kappa shape index (κ2) is 46.0. The van der Waals surface area contributed by atoms with Crippen molar-refractivity contribution in [1.82, 2.24) is 0 Å². The molecule has 0 rings (SSSR count). The topological polar surface area (TPSA) is 0 Å². The van der Waals surface area contributed by atoms with E-state index in [0.29, 0.717) is 0 Å². The van der Waals surface area contributed by atoms with Crippen molar-refractivity contribution in [3.8, 4) is 0 Å². The summed E-state index contributed by atoms with van der Waals surface area (Å²) >= 11 is 1.53. The Morgan fingerprint density at radius 1 is 0.833 bits per heavy atom. The zero-order valence-corrected chi connectivity index (χ0v) is 8.32. The SMILES string of the molecule is [Li+].[Li+].[SH-].[SH-].[S]=[Mo]. The van der Waals surface area contributed by atoms with Gasteiger partial charge in [0.2, 0.25) is 0 Å². The van der Waals surface area contributed by atoms with Crippen LogP contribution in [0.25, 0.3) is 0 Å². The molecule has 0 heterocycles. The van der Waals surface area contributed by atoms with Gasteiger partial charge in [-0.2, -0.15) is 0 Å². The van der Waals surface area contributed by atoms with Gasteiger partial charge in [0, 0.05) is 0 Å². The Morgan fingerprint density at radius 3 is 0.833 bits per heavy atom. The van der Waals surface area contributed by atoms with Crippen molar-refractivity contribution in [3.05, 3.63) is 0 Å². The molecule has 0 aromatic rings. The average Bonchev–Trinajstić information content (AvgIpc) is 1.00. The van der Waals surface area contributed by atoms with E-state index < -0.39 is 0 Å². The Bertz CT molecular complexity index is 8.75. The van der Waals surface area contributed by atoms with Crippen LogP contribution in [0.5, 0.6) is 0 Å². The molecule has 0 saturated carbocycles. The molecule has 0 aromatic heterocycles. The van der Waals surface area contributed by atoms with E-state index in [0.717, 1.165) is 0 Å². The van der Waals surface area contributed by atoms with Gasteiger partial charge < -0.3 is 27.0 Å². The van der Waals surface area contributed by atoms with E-state index in [9.17, 15) is 0 Å². The van der Waals surface area contributed by atoms with Gasteiger partial charge in [0.1, 0.15) is 0 Å². The van der Waals surface area contributed by atoms with E-state index >= 15 is 0 Å². The van der Waals surface area contributed by atoms with Crippen molar-refractivity contribution in [1.29, 1.82) is 0 Å². The summed E-state index contributed by atoms with van der Waals surface area (Å²) in [5.41, 5.74) is 0. The fraction of sp³-hybridized carbons (Fsp3) is 0. The molecular formula is H2Li2MoS3. The van der Waals surface area contributed by atoms with Gasteiger partial charge in [0.15, 0.2) is 0 Å². The first-order chi connectivity index (χ1) is 1.00. The Hall–Kier alpha value is 2.80. The summed E-state index contributed by atoms with van der Waals surface area (Å²) in [5, 5.41) is 0. The molecule has 6 heteroatoms. The van der Waals surface area contributed by atoms with E-state index in [1.54, 1.807) is 0 Å². The van der Waals surface area contributed by atoms with Crippen molar-refractivity contribution in [2.45, 2.75) is 0 Å². The quantitative estimate of drug-likeness (QED) is 0.221. The average molecular weight is 208 g/mol. The number of hydrogen-bond acceptors (Lipinski definition) is 3. The van der Waals surface area contributed by atoms with E-state index in [4.69, 9.17) is 0 Å². The summed E-state index contributed by atoms with van der Waals surface area (Å²) in [5.74, 6) is 0. The summed E-state index contributed by atoms with van der Waals surface area (Å²) in [6.07, 6.45) is 0. The number of rotatable bonds is 0. The van der Waals surface area contributed by atoms with Crippen LogP contribution in [0.3, 0.4) is 0 Å². The zero-order chi connectivity index (χ0) is 2.00. The van der Waals surface area contributed by atoms with Crippen molar-refractivity contribution >= 4 is 36.8 Å². The first-order valence-electron chi connectivity index (χ1n) is 0.167. The first-order valence-corrected chi connectivity index (χ1v) is 2.96. The van der Waals surface area contributed by atoms with Crippen LogP contribution < -0.4 is 37.7 Å². The van der Waals surface area contributed by atoms with Crippen molar-refractivity contribution in [2.24, 2.45) is 0 Å². The third-order valence-corrected chi connectivity index (χ3v) is 0. The van der Waals surface area contributed by atoms with Crippen LogP contribution in [0.2, 0.25) is 0 Å². The van der Waals surface area contributed by atoms with Crippen molar-refractivity contribution in [2.75, 3.05) is 0 Å². The van der Waals surface area contributed by atoms with E-state index in [1.165, 1.54) is 18.0 Å². The standard InChI is InChI=1S/2Li.Mo.2H2S.S/h;;;2*1H2;/q2*+1;;;;/p-2. The second-order valence-electron chi connectivity index (χ2n) is 0. The molecule has 28 valence electrons. The predicted molar refractivity (Wildman–Crippen MR) is 25.1 cm³/mol. The zero-order valence-electron chi connectivity index (χ0n) is 3.71. The monoisotopic (exact) mass is 210 g/mol. The molecule has 0 aromatic carbocycles. The van der Waals surface area contributed by atoms with Gasteiger partial charge in [-0.25, -0.2) is 0 Å². The van der Waals surface area contributed by atoms with Gasteiger partial charge in [-0.3, -0.25) is 0 Å². The molecule has 0 nitrogen and oxygen atoms in total. The molecule has 0 bridgehead atoms. The van der Waals surface area contributed by atoms with Gasteiger partial charge in [0.05, 0.1) is 0 Å². The van der Waals surface area contributed by atoms with Crippen LogP contribution in [0, 0.1) is 0 Å². The van der Waals surface area contributed by atoms with Crippen LogP contribution in [-0.2, 0) is 45.0 Å². The maximum absolute atomic E-state index is 4.09. The van der Waals surface area contributed by atoms with Crippen LogP contribution in [0.1, 0.15) is 0 Å². The second-order valence-corrected chi connectivity index (χ2v) is 0. The molecule has 0 N–H and O–H groups in total. The molecule has 0 spiro atoms. The normalized spacial score (nSPS) is 0.667. The Morgan fingerprint density at radius 2 is 0.833 bits per heavy atom. The van der Waals surface area contributed by atoms with Gasteiger partial charge in [-0.15, -0.1) is 0 Å². The van der Waals surface area contributed by atoms with Gasteiger partial charge in [-0.1, -0.05) is 0 Å². The number of hydrogen-bond donors (Lipinski definition) is 0. The molecule has 6 heavy (non-hydrogen) atoms. The molecule has 0 fully saturated rings. The van der Waals surface area contributed by atoms with Crippen LogP contribution in [0.4, 0.5) is 0 Å². The predicted octanol–water partition coefficient (Wildman–Crippen LogP) is -5.89. The molecule has 0 unspecified atom stereocenters. The van der Waals surface area contributed by atoms with Crippen LogP contribution in [0.15, 0.2) is 0 Å². The van der Waals surface area contributed by atoms with E-state index in [1.807, 2.05) is 0 Å². The van der Waals surface area contributed by atoms with E-state index in [2.05, 4.69) is 9.82 Å². The Labute approximate surface area is 91.2 Å². The third kappa shape index (κ3) is 29.2. The molecule has 0 aliphatic heterocycles. The molecule has 0 amide bonds. The fourth-order valence-electron chi connectivity index (χ4n) is 0. The first kappa shape index (κ1) is 37.1. The molecule has 0 atom stereocenters.